The van der Waals surface area contributed by atoms with Crippen molar-refractivity contribution in [1.82, 2.24) is 5.32 Å². The first kappa shape index (κ1) is 16.0. The van der Waals surface area contributed by atoms with Crippen LogP contribution in [0.1, 0.15) is 57.4 Å². The van der Waals surface area contributed by atoms with Gasteiger partial charge in [0.1, 0.15) is 0 Å². The van der Waals surface area contributed by atoms with Crippen LogP contribution in [0, 0.1) is 11.8 Å². The van der Waals surface area contributed by atoms with Crippen LogP contribution in [0.3, 0.4) is 0 Å². The van der Waals surface area contributed by atoms with Gasteiger partial charge in [0.15, 0.2) is 0 Å². The third-order valence-electron chi connectivity index (χ3n) is 4.36. The molecule has 0 bridgehead atoms. The molecule has 1 unspecified atom stereocenters. The summed E-state index contributed by atoms with van der Waals surface area (Å²) in [7, 11) is 0. The van der Waals surface area contributed by atoms with Crippen molar-refractivity contribution < 1.29 is 0 Å². The fourth-order valence-electron chi connectivity index (χ4n) is 3.29. The zero-order valence-electron chi connectivity index (χ0n) is 12.9. The molecule has 0 spiro atoms. The van der Waals surface area contributed by atoms with E-state index in [-0.39, 0.29) is 0 Å². The molecular weight excluding hydrogens is 310 g/mol. The van der Waals surface area contributed by atoms with E-state index in [9.17, 15) is 0 Å². The van der Waals surface area contributed by atoms with E-state index in [1.54, 1.807) is 0 Å². The van der Waals surface area contributed by atoms with E-state index in [4.69, 9.17) is 0 Å². The Labute approximate surface area is 132 Å². The largest absolute Gasteiger partial charge is 0.316 e. The number of rotatable bonds is 7. The quantitative estimate of drug-likeness (QED) is 0.706. The molecule has 0 amide bonds. The van der Waals surface area contributed by atoms with Crippen molar-refractivity contribution in [1.29, 1.82) is 0 Å². The summed E-state index contributed by atoms with van der Waals surface area (Å²) in [5.41, 5.74) is 1.49. The second kappa shape index (κ2) is 8.19. The second-order valence-corrected chi connectivity index (χ2v) is 7.61. The van der Waals surface area contributed by atoms with E-state index < -0.39 is 0 Å². The highest BCUT2D eigenvalue weighted by molar-refractivity contribution is 9.10. The van der Waals surface area contributed by atoms with Gasteiger partial charge in [0, 0.05) is 11.0 Å². The Balaban J connectivity index is 1.98. The van der Waals surface area contributed by atoms with Crippen molar-refractivity contribution in [2.75, 3.05) is 13.1 Å². The van der Waals surface area contributed by atoms with Crippen LogP contribution in [0.4, 0.5) is 0 Å². The van der Waals surface area contributed by atoms with Crippen LogP contribution < -0.4 is 5.32 Å². The molecule has 0 aliphatic heterocycles. The molecule has 1 saturated carbocycles. The zero-order chi connectivity index (χ0) is 14.4. The molecule has 1 N–H and O–H groups in total. The van der Waals surface area contributed by atoms with Crippen molar-refractivity contribution in [2.45, 2.75) is 51.9 Å². The Bertz CT molecular complexity index is 396. The molecule has 1 aliphatic rings. The van der Waals surface area contributed by atoms with Crippen molar-refractivity contribution >= 4 is 15.9 Å². The lowest BCUT2D eigenvalue weighted by molar-refractivity contribution is 0.418. The normalized spacial score (nSPS) is 17.8. The van der Waals surface area contributed by atoms with E-state index in [1.165, 1.54) is 42.1 Å². The molecule has 2 heteroatoms. The Morgan fingerprint density at radius 3 is 2.60 bits per heavy atom. The van der Waals surface area contributed by atoms with Crippen LogP contribution in [-0.2, 0) is 0 Å². The van der Waals surface area contributed by atoms with Crippen LogP contribution >= 0.6 is 15.9 Å². The SMILES string of the molecule is CC(C)CNCC(CC1CCCC1)c1cccc(Br)c1. The lowest BCUT2D eigenvalue weighted by Gasteiger charge is -2.22. The molecule has 2 rings (SSSR count). The molecule has 1 fully saturated rings. The minimum Gasteiger partial charge on any atom is -0.316 e. The highest BCUT2D eigenvalue weighted by atomic mass is 79.9. The van der Waals surface area contributed by atoms with Crippen molar-refractivity contribution in [3.05, 3.63) is 34.3 Å². The Hall–Kier alpha value is -0.340. The summed E-state index contributed by atoms with van der Waals surface area (Å²) in [5, 5.41) is 3.66. The molecule has 112 valence electrons. The maximum Gasteiger partial charge on any atom is 0.0178 e. The summed E-state index contributed by atoms with van der Waals surface area (Å²) in [6.07, 6.45) is 7.11. The van der Waals surface area contributed by atoms with Gasteiger partial charge in [-0.3, -0.25) is 0 Å². The molecule has 1 aromatic rings. The second-order valence-electron chi connectivity index (χ2n) is 6.69. The summed E-state index contributed by atoms with van der Waals surface area (Å²) in [4.78, 5) is 0. The van der Waals surface area contributed by atoms with Crippen LogP contribution in [0.5, 0.6) is 0 Å². The maximum atomic E-state index is 3.66. The predicted molar refractivity (Wildman–Crippen MR) is 91.2 cm³/mol. The Morgan fingerprint density at radius 1 is 1.20 bits per heavy atom. The van der Waals surface area contributed by atoms with Gasteiger partial charge >= 0.3 is 0 Å². The van der Waals surface area contributed by atoms with E-state index >= 15 is 0 Å². The smallest absolute Gasteiger partial charge is 0.0178 e. The number of benzene rings is 1. The topological polar surface area (TPSA) is 12.0 Å². The van der Waals surface area contributed by atoms with Crippen LogP contribution in [0.2, 0.25) is 0 Å². The predicted octanol–water partition coefficient (Wildman–Crippen LogP) is 5.36. The van der Waals surface area contributed by atoms with Gasteiger partial charge in [-0.1, -0.05) is 67.6 Å². The van der Waals surface area contributed by atoms with E-state index in [0.29, 0.717) is 5.92 Å². The average molecular weight is 338 g/mol. The monoisotopic (exact) mass is 337 g/mol. The van der Waals surface area contributed by atoms with Gasteiger partial charge in [0.2, 0.25) is 0 Å². The number of hydrogen-bond acceptors (Lipinski definition) is 1. The lowest BCUT2D eigenvalue weighted by Crippen LogP contribution is -2.26. The first-order valence-corrected chi connectivity index (χ1v) is 8.90. The minimum absolute atomic E-state index is 0.661. The highest BCUT2D eigenvalue weighted by Crippen LogP contribution is 2.34. The number of hydrogen-bond donors (Lipinski definition) is 1. The number of nitrogens with one attached hydrogen (secondary N) is 1. The molecule has 20 heavy (non-hydrogen) atoms. The minimum atomic E-state index is 0.661. The molecule has 1 nitrogen and oxygen atoms in total. The van der Waals surface area contributed by atoms with Gasteiger partial charge in [-0.25, -0.2) is 0 Å². The van der Waals surface area contributed by atoms with Crippen LogP contribution in [0.15, 0.2) is 28.7 Å². The standard InChI is InChI=1S/C18H28BrN/c1-14(2)12-20-13-17(10-15-6-3-4-7-15)16-8-5-9-18(19)11-16/h5,8-9,11,14-15,17,20H,3-4,6-7,10,12-13H2,1-2H3. The van der Waals surface area contributed by atoms with Crippen molar-refractivity contribution in [2.24, 2.45) is 11.8 Å². The highest BCUT2D eigenvalue weighted by Gasteiger charge is 2.21. The first-order valence-electron chi connectivity index (χ1n) is 8.11. The van der Waals surface area contributed by atoms with Gasteiger partial charge in [-0.05, 0) is 48.4 Å². The number of halogens is 1. The maximum absolute atomic E-state index is 3.66. The van der Waals surface area contributed by atoms with Gasteiger partial charge in [0.25, 0.3) is 0 Å². The molecule has 0 aromatic heterocycles. The third kappa shape index (κ3) is 5.21. The fraction of sp³-hybridized carbons (Fsp3) is 0.667. The van der Waals surface area contributed by atoms with Crippen LogP contribution in [0.25, 0.3) is 0 Å². The van der Waals surface area contributed by atoms with Gasteiger partial charge < -0.3 is 5.32 Å². The summed E-state index contributed by atoms with van der Waals surface area (Å²) in [6, 6.07) is 8.89. The lowest BCUT2D eigenvalue weighted by atomic mass is 9.88. The van der Waals surface area contributed by atoms with Gasteiger partial charge in [-0.2, -0.15) is 0 Å². The van der Waals surface area contributed by atoms with Crippen LogP contribution in [-0.4, -0.2) is 13.1 Å². The van der Waals surface area contributed by atoms with Gasteiger partial charge in [0.05, 0.1) is 0 Å². The molecule has 1 aliphatic carbocycles. The molecule has 0 radical (unpaired) electrons. The third-order valence-corrected chi connectivity index (χ3v) is 4.85. The zero-order valence-corrected chi connectivity index (χ0v) is 14.5. The molecule has 1 aromatic carbocycles. The Morgan fingerprint density at radius 2 is 1.95 bits per heavy atom. The van der Waals surface area contributed by atoms with E-state index in [1.807, 2.05) is 0 Å². The van der Waals surface area contributed by atoms with Crippen molar-refractivity contribution in [3.63, 3.8) is 0 Å². The molecule has 0 heterocycles. The van der Waals surface area contributed by atoms with Gasteiger partial charge in [-0.15, -0.1) is 0 Å². The molecular formula is C18H28BrN. The van der Waals surface area contributed by atoms with Crippen molar-refractivity contribution in [3.8, 4) is 0 Å². The first-order chi connectivity index (χ1) is 9.65. The summed E-state index contributed by atoms with van der Waals surface area (Å²) in [5.74, 6) is 2.33. The van der Waals surface area contributed by atoms with E-state index in [2.05, 4.69) is 59.4 Å². The fourth-order valence-corrected chi connectivity index (χ4v) is 3.71. The van der Waals surface area contributed by atoms with E-state index in [0.717, 1.165) is 24.9 Å². The average Bonchev–Trinajstić information content (AvgIpc) is 2.90. The molecule has 0 saturated heterocycles. The summed E-state index contributed by atoms with van der Waals surface area (Å²) >= 11 is 3.61. The Kier molecular flexibility index (Phi) is 6.57. The summed E-state index contributed by atoms with van der Waals surface area (Å²) in [6.45, 7) is 6.79. The molecule has 1 atom stereocenters. The summed E-state index contributed by atoms with van der Waals surface area (Å²) < 4.78 is 1.20.